The van der Waals surface area contributed by atoms with Crippen LogP contribution in [0.4, 0.5) is 0 Å². The Morgan fingerprint density at radius 2 is 1.62 bits per heavy atom. The summed E-state index contributed by atoms with van der Waals surface area (Å²) in [5.74, 6) is -0.0919. The van der Waals surface area contributed by atoms with Crippen LogP contribution in [0, 0.1) is 12.3 Å². The van der Waals surface area contributed by atoms with E-state index in [2.05, 4.69) is 30.4 Å². The highest BCUT2D eigenvalue weighted by molar-refractivity contribution is 7.89. The molecular weight excluding hydrogens is 386 g/mol. The summed E-state index contributed by atoms with van der Waals surface area (Å²) >= 11 is 0. The molecule has 6 nitrogen and oxygen atoms in total. The molecular formula is C22H37N3O3S. The second-order valence-electron chi connectivity index (χ2n) is 10.3. The highest BCUT2D eigenvalue weighted by atomic mass is 32.2. The molecule has 1 saturated heterocycles. The van der Waals surface area contributed by atoms with Crippen LogP contribution in [0.3, 0.4) is 0 Å². The smallest absolute Gasteiger partial charge is 0.254 e. The monoisotopic (exact) mass is 423 g/mol. The van der Waals surface area contributed by atoms with Crippen molar-refractivity contribution in [2.75, 3.05) is 32.7 Å². The number of carbonyl (C=O) groups excluding carboxylic acids is 1. The molecule has 1 aromatic rings. The largest absolute Gasteiger partial charge is 0.336 e. The van der Waals surface area contributed by atoms with Gasteiger partial charge in [-0.15, -0.1) is 0 Å². The lowest BCUT2D eigenvalue weighted by Gasteiger charge is -2.36. The van der Waals surface area contributed by atoms with E-state index in [0.717, 1.165) is 31.6 Å². The molecule has 0 radical (unpaired) electrons. The van der Waals surface area contributed by atoms with Gasteiger partial charge in [0.15, 0.2) is 0 Å². The van der Waals surface area contributed by atoms with Gasteiger partial charge in [-0.1, -0.05) is 26.8 Å². The van der Waals surface area contributed by atoms with Crippen LogP contribution in [0.5, 0.6) is 0 Å². The number of carbonyl (C=O) groups is 1. The molecule has 0 aromatic heterocycles. The lowest BCUT2D eigenvalue weighted by atomic mass is 9.92. The van der Waals surface area contributed by atoms with E-state index < -0.39 is 15.6 Å². The van der Waals surface area contributed by atoms with Gasteiger partial charge in [-0.2, -0.15) is 0 Å². The van der Waals surface area contributed by atoms with Gasteiger partial charge < -0.3 is 4.90 Å². The number of benzene rings is 1. The zero-order valence-corrected chi connectivity index (χ0v) is 19.8. The van der Waals surface area contributed by atoms with Gasteiger partial charge in [-0.05, 0) is 63.8 Å². The van der Waals surface area contributed by atoms with E-state index >= 15 is 0 Å². The lowest BCUT2D eigenvalue weighted by Crippen LogP contribution is -2.49. The van der Waals surface area contributed by atoms with Crippen LogP contribution in [-0.4, -0.2) is 62.4 Å². The number of sulfonamides is 1. The number of hydrogen-bond donors (Lipinski definition) is 1. The predicted molar refractivity (Wildman–Crippen MR) is 118 cm³/mol. The molecule has 29 heavy (non-hydrogen) atoms. The predicted octanol–water partition coefficient (Wildman–Crippen LogP) is 3.27. The Labute approximate surface area is 176 Å². The molecule has 1 heterocycles. The molecule has 1 amide bonds. The van der Waals surface area contributed by atoms with Crippen molar-refractivity contribution in [2.24, 2.45) is 5.41 Å². The third kappa shape index (κ3) is 7.08. The molecule has 0 spiro atoms. The summed E-state index contributed by atoms with van der Waals surface area (Å²) in [6.45, 7) is 18.0. The SMILES string of the molecule is Cc1ccc(S(=O)(=O)NC(C)(C)C)cc1C(=O)N1CCN(CCC(C)(C)C)CC1. The third-order valence-corrected chi connectivity index (χ3v) is 6.78. The van der Waals surface area contributed by atoms with Crippen LogP contribution in [0.25, 0.3) is 0 Å². The minimum Gasteiger partial charge on any atom is -0.336 e. The number of hydrogen-bond acceptors (Lipinski definition) is 4. The quantitative estimate of drug-likeness (QED) is 0.789. The molecule has 1 fully saturated rings. The molecule has 1 N–H and O–H groups in total. The summed E-state index contributed by atoms with van der Waals surface area (Å²) in [7, 11) is -3.68. The minimum atomic E-state index is -3.68. The van der Waals surface area contributed by atoms with Gasteiger partial charge in [-0.3, -0.25) is 9.69 Å². The normalized spacial score (nSPS) is 16.9. The maximum absolute atomic E-state index is 13.1. The summed E-state index contributed by atoms with van der Waals surface area (Å²) in [6.07, 6.45) is 1.13. The molecule has 1 aliphatic heterocycles. The first-order valence-electron chi connectivity index (χ1n) is 10.3. The van der Waals surface area contributed by atoms with E-state index in [1.54, 1.807) is 32.9 Å². The fourth-order valence-corrected chi connectivity index (χ4v) is 4.74. The summed E-state index contributed by atoms with van der Waals surface area (Å²) in [5.41, 5.74) is 0.971. The van der Waals surface area contributed by atoms with Crippen molar-refractivity contribution in [1.29, 1.82) is 0 Å². The molecule has 0 saturated carbocycles. The van der Waals surface area contributed by atoms with Crippen molar-refractivity contribution in [3.8, 4) is 0 Å². The van der Waals surface area contributed by atoms with Gasteiger partial charge in [0, 0.05) is 37.3 Å². The van der Waals surface area contributed by atoms with E-state index in [-0.39, 0.29) is 10.8 Å². The van der Waals surface area contributed by atoms with E-state index in [0.29, 0.717) is 24.1 Å². The van der Waals surface area contributed by atoms with Crippen molar-refractivity contribution < 1.29 is 13.2 Å². The highest BCUT2D eigenvalue weighted by Gasteiger charge is 2.27. The average molecular weight is 424 g/mol. The maximum atomic E-state index is 13.1. The van der Waals surface area contributed by atoms with Crippen LogP contribution < -0.4 is 4.72 Å². The van der Waals surface area contributed by atoms with E-state index in [4.69, 9.17) is 0 Å². The number of rotatable bonds is 5. The zero-order chi connectivity index (χ0) is 22.0. The van der Waals surface area contributed by atoms with Crippen LogP contribution in [-0.2, 0) is 10.0 Å². The molecule has 0 unspecified atom stereocenters. The number of nitrogens with zero attached hydrogens (tertiary/aromatic N) is 2. The first kappa shape index (κ1) is 23.8. The van der Waals surface area contributed by atoms with Crippen LogP contribution >= 0.6 is 0 Å². The topological polar surface area (TPSA) is 69.7 Å². The molecule has 7 heteroatoms. The molecule has 0 atom stereocenters. The van der Waals surface area contributed by atoms with Crippen molar-refractivity contribution in [2.45, 2.75) is 65.3 Å². The molecule has 0 aliphatic carbocycles. The highest BCUT2D eigenvalue weighted by Crippen LogP contribution is 2.21. The number of nitrogens with one attached hydrogen (secondary N) is 1. The van der Waals surface area contributed by atoms with Gasteiger partial charge in [0.2, 0.25) is 10.0 Å². The van der Waals surface area contributed by atoms with Gasteiger partial charge in [0.1, 0.15) is 0 Å². The van der Waals surface area contributed by atoms with Crippen molar-refractivity contribution in [3.63, 3.8) is 0 Å². The second kappa shape index (κ2) is 8.74. The Kier molecular flexibility index (Phi) is 7.18. The van der Waals surface area contributed by atoms with Gasteiger partial charge in [0.25, 0.3) is 5.91 Å². The Morgan fingerprint density at radius 1 is 1.03 bits per heavy atom. The van der Waals surface area contributed by atoms with Crippen LogP contribution in [0.15, 0.2) is 23.1 Å². The maximum Gasteiger partial charge on any atom is 0.254 e. The van der Waals surface area contributed by atoms with E-state index in [9.17, 15) is 13.2 Å². The Bertz CT molecular complexity index is 828. The molecule has 1 aliphatic rings. The molecule has 1 aromatic carbocycles. The Morgan fingerprint density at radius 3 is 2.14 bits per heavy atom. The summed E-state index contributed by atoms with van der Waals surface area (Å²) in [4.78, 5) is 17.5. The fourth-order valence-electron chi connectivity index (χ4n) is 3.30. The molecule has 0 bridgehead atoms. The Hall–Kier alpha value is -1.44. The zero-order valence-electron chi connectivity index (χ0n) is 19.0. The van der Waals surface area contributed by atoms with Crippen LogP contribution in [0.1, 0.15) is 63.9 Å². The summed E-state index contributed by atoms with van der Waals surface area (Å²) in [5, 5.41) is 0. The van der Waals surface area contributed by atoms with Crippen molar-refractivity contribution in [3.05, 3.63) is 29.3 Å². The number of aryl methyl sites for hydroxylation is 1. The Balaban J connectivity index is 2.10. The van der Waals surface area contributed by atoms with Gasteiger partial charge in [0.05, 0.1) is 4.90 Å². The summed E-state index contributed by atoms with van der Waals surface area (Å²) < 4.78 is 28.0. The number of piperazine rings is 1. The first-order valence-corrected chi connectivity index (χ1v) is 11.8. The van der Waals surface area contributed by atoms with E-state index in [1.807, 2.05) is 11.8 Å². The number of amides is 1. The second-order valence-corrected chi connectivity index (χ2v) is 12.0. The fraction of sp³-hybridized carbons (Fsp3) is 0.682. The minimum absolute atomic E-state index is 0.0919. The van der Waals surface area contributed by atoms with Crippen molar-refractivity contribution >= 4 is 15.9 Å². The third-order valence-electron chi connectivity index (χ3n) is 5.03. The standard InChI is InChI=1S/C22H37N3O3S/c1-17-8-9-18(29(27,28)23-22(5,6)7)16-19(17)20(26)25-14-12-24(13-15-25)11-10-21(2,3)4/h8-9,16,23H,10-15H2,1-7H3. The lowest BCUT2D eigenvalue weighted by molar-refractivity contribution is 0.0622. The van der Waals surface area contributed by atoms with Crippen LogP contribution in [0.2, 0.25) is 0 Å². The van der Waals surface area contributed by atoms with Gasteiger partial charge >= 0.3 is 0 Å². The molecule has 2 rings (SSSR count). The molecule has 164 valence electrons. The van der Waals surface area contributed by atoms with E-state index in [1.165, 1.54) is 6.07 Å². The average Bonchev–Trinajstić information content (AvgIpc) is 2.57. The summed E-state index contributed by atoms with van der Waals surface area (Å²) in [6, 6.07) is 4.78. The van der Waals surface area contributed by atoms with Gasteiger partial charge in [-0.25, -0.2) is 13.1 Å². The first-order chi connectivity index (χ1) is 13.2. The van der Waals surface area contributed by atoms with Crippen molar-refractivity contribution in [1.82, 2.24) is 14.5 Å².